The van der Waals surface area contributed by atoms with Crippen molar-refractivity contribution in [3.63, 3.8) is 0 Å². The van der Waals surface area contributed by atoms with Gasteiger partial charge in [0.25, 0.3) is 0 Å². The molecule has 9 nitrogen and oxygen atoms in total. The standard InChI is InChI=1S/C12H11FN6O3/c13-7-3-1-6(2-4-7)9(11(15)20)17-12-16-5-8(19(21)22)10(14)18-12/h1-5,9H,(H2,15,20)(H3,14,16,17,18). The number of primary amides is 1. The molecule has 1 aromatic heterocycles. The minimum atomic E-state index is -1.04. The number of nitrogens with one attached hydrogen (secondary N) is 1. The number of rotatable bonds is 5. The highest BCUT2D eigenvalue weighted by atomic mass is 19.1. The van der Waals surface area contributed by atoms with Gasteiger partial charge in [-0.2, -0.15) is 4.98 Å². The summed E-state index contributed by atoms with van der Waals surface area (Å²) in [7, 11) is 0. The number of nitrogens with two attached hydrogens (primary N) is 2. The molecule has 0 aliphatic rings. The first-order chi connectivity index (χ1) is 10.4. The highest BCUT2D eigenvalue weighted by Crippen LogP contribution is 2.22. The molecule has 10 heteroatoms. The summed E-state index contributed by atoms with van der Waals surface area (Å²) in [5, 5.41) is 13.2. The molecular formula is C12H11FN6O3. The number of benzene rings is 1. The van der Waals surface area contributed by atoms with Gasteiger partial charge in [-0.3, -0.25) is 14.9 Å². The van der Waals surface area contributed by atoms with Crippen LogP contribution < -0.4 is 16.8 Å². The van der Waals surface area contributed by atoms with Crippen LogP contribution in [-0.4, -0.2) is 20.8 Å². The van der Waals surface area contributed by atoms with E-state index in [4.69, 9.17) is 11.5 Å². The van der Waals surface area contributed by atoms with Crippen LogP contribution in [0.1, 0.15) is 11.6 Å². The third-order valence-electron chi connectivity index (χ3n) is 2.76. The van der Waals surface area contributed by atoms with Crippen molar-refractivity contribution >= 4 is 23.4 Å². The Kier molecular flexibility index (Phi) is 4.11. The number of nitro groups is 1. The number of hydrogen-bond donors (Lipinski definition) is 3. The van der Waals surface area contributed by atoms with Crippen molar-refractivity contribution in [2.75, 3.05) is 11.1 Å². The van der Waals surface area contributed by atoms with Crippen molar-refractivity contribution in [2.24, 2.45) is 5.73 Å². The van der Waals surface area contributed by atoms with Gasteiger partial charge in [-0.25, -0.2) is 9.37 Å². The molecule has 0 aliphatic heterocycles. The molecule has 5 N–H and O–H groups in total. The van der Waals surface area contributed by atoms with Gasteiger partial charge in [0.05, 0.1) is 4.92 Å². The topological polar surface area (TPSA) is 150 Å². The van der Waals surface area contributed by atoms with Gasteiger partial charge >= 0.3 is 5.69 Å². The molecule has 0 saturated carbocycles. The lowest BCUT2D eigenvalue weighted by Gasteiger charge is -2.15. The van der Waals surface area contributed by atoms with Crippen LogP contribution in [0.4, 0.5) is 21.8 Å². The molecule has 114 valence electrons. The summed E-state index contributed by atoms with van der Waals surface area (Å²) in [6, 6.07) is 4.02. The monoisotopic (exact) mass is 306 g/mol. The molecule has 0 saturated heterocycles. The molecule has 0 bridgehead atoms. The fraction of sp³-hybridized carbons (Fsp3) is 0.0833. The van der Waals surface area contributed by atoms with Gasteiger partial charge in [-0.05, 0) is 17.7 Å². The van der Waals surface area contributed by atoms with E-state index in [1.54, 1.807) is 0 Å². The molecule has 1 heterocycles. The minimum Gasteiger partial charge on any atom is -0.378 e. The van der Waals surface area contributed by atoms with E-state index in [9.17, 15) is 19.3 Å². The van der Waals surface area contributed by atoms with Crippen LogP contribution in [0.25, 0.3) is 0 Å². The summed E-state index contributed by atoms with van der Waals surface area (Å²) in [4.78, 5) is 28.8. The molecule has 1 aromatic carbocycles. The Morgan fingerprint density at radius 3 is 2.50 bits per heavy atom. The Hall–Kier alpha value is -3.30. The van der Waals surface area contributed by atoms with Crippen molar-refractivity contribution in [3.05, 3.63) is 52.0 Å². The zero-order valence-electron chi connectivity index (χ0n) is 11.1. The summed E-state index contributed by atoms with van der Waals surface area (Å²) < 4.78 is 12.9. The number of carbonyl (C=O) groups excluding carboxylic acids is 1. The van der Waals surface area contributed by atoms with E-state index in [1.807, 2.05) is 0 Å². The zero-order valence-corrected chi connectivity index (χ0v) is 11.1. The second-order valence-corrected chi connectivity index (χ2v) is 4.25. The number of aromatic nitrogens is 2. The van der Waals surface area contributed by atoms with Crippen LogP contribution in [0.5, 0.6) is 0 Å². The fourth-order valence-corrected chi connectivity index (χ4v) is 1.70. The molecule has 2 rings (SSSR count). The molecule has 0 spiro atoms. The number of hydrogen-bond acceptors (Lipinski definition) is 7. The Labute approximate surface area is 123 Å². The van der Waals surface area contributed by atoms with Crippen LogP contribution in [0.2, 0.25) is 0 Å². The van der Waals surface area contributed by atoms with Crippen LogP contribution >= 0.6 is 0 Å². The predicted molar refractivity (Wildman–Crippen MR) is 75.1 cm³/mol. The van der Waals surface area contributed by atoms with E-state index in [0.29, 0.717) is 5.56 Å². The molecule has 0 fully saturated rings. The van der Waals surface area contributed by atoms with Crippen molar-refractivity contribution in [2.45, 2.75) is 6.04 Å². The summed E-state index contributed by atoms with van der Waals surface area (Å²) in [6.45, 7) is 0. The minimum absolute atomic E-state index is 0.115. The first-order valence-corrected chi connectivity index (χ1v) is 5.96. The maximum Gasteiger partial charge on any atom is 0.329 e. The highest BCUT2D eigenvalue weighted by Gasteiger charge is 2.21. The van der Waals surface area contributed by atoms with Crippen LogP contribution in [-0.2, 0) is 4.79 Å². The maximum atomic E-state index is 12.9. The number of halogens is 1. The molecule has 0 aliphatic carbocycles. The quantitative estimate of drug-likeness (QED) is 0.544. The average Bonchev–Trinajstić information content (AvgIpc) is 2.45. The predicted octanol–water partition coefficient (Wildman–Crippen LogP) is 0.745. The number of anilines is 2. The van der Waals surface area contributed by atoms with E-state index >= 15 is 0 Å². The van der Waals surface area contributed by atoms with Crippen molar-refractivity contribution in [3.8, 4) is 0 Å². The zero-order chi connectivity index (χ0) is 16.3. The van der Waals surface area contributed by atoms with E-state index < -0.39 is 28.4 Å². The van der Waals surface area contributed by atoms with Crippen LogP contribution in [0, 0.1) is 15.9 Å². The van der Waals surface area contributed by atoms with Gasteiger partial charge in [0.2, 0.25) is 17.7 Å². The van der Waals surface area contributed by atoms with Gasteiger partial charge in [-0.1, -0.05) is 12.1 Å². The van der Waals surface area contributed by atoms with Gasteiger partial charge in [-0.15, -0.1) is 0 Å². The lowest BCUT2D eigenvalue weighted by Crippen LogP contribution is -2.28. The Bertz CT molecular complexity index is 721. The summed E-state index contributed by atoms with van der Waals surface area (Å²) in [6.07, 6.45) is 0.910. The molecule has 1 amide bonds. The maximum absolute atomic E-state index is 12.9. The highest BCUT2D eigenvalue weighted by molar-refractivity contribution is 5.84. The summed E-state index contributed by atoms with van der Waals surface area (Å²) >= 11 is 0. The lowest BCUT2D eigenvalue weighted by atomic mass is 10.1. The van der Waals surface area contributed by atoms with Crippen molar-refractivity contribution < 1.29 is 14.1 Å². The fourth-order valence-electron chi connectivity index (χ4n) is 1.70. The second kappa shape index (κ2) is 5.99. The van der Waals surface area contributed by atoms with Gasteiger partial charge < -0.3 is 16.8 Å². The van der Waals surface area contributed by atoms with Crippen molar-refractivity contribution in [1.82, 2.24) is 9.97 Å². The lowest BCUT2D eigenvalue weighted by molar-refractivity contribution is -0.384. The molecule has 2 aromatic rings. The number of carbonyl (C=O) groups is 1. The molecule has 1 unspecified atom stereocenters. The molecule has 22 heavy (non-hydrogen) atoms. The van der Waals surface area contributed by atoms with Gasteiger partial charge in [0.15, 0.2) is 0 Å². The third-order valence-corrected chi connectivity index (χ3v) is 2.76. The Morgan fingerprint density at radius 2 is 2.00 bits per heavy atom. The third kappa shape index (κ3) is 3.23. The number of nitrogen functional groups attached to an aromatic ring is 1. The van der Waals surface area contributed by atoms with Crippen LogP contribution in [0.15, 0.2) is 30.5 Å². The smallest absolute Gasteiger partial charge is 0.329 e. The van der Waals surface area contributed by atoms with E-state index in [0.717, 1.165) is 18.3 Å². The number of amides is 1. The van der Waals surface area contributed by atoms with Crippen molar-refractivity contribution in [1.29, 1.82) is 0 Å². The Morgan fingerprint density at radius 1 is 1.36 bits per heavy atom. The first kappa shape index (κ1) is 15.1. The first-order valence-electron chi connectivity index (χ1n) is 5.96. The van der Waals surface area contributed by atoms with E-state index in [2.05, 4.69) is 15.3 Å². The molecule has 1 atom stereocenters. The normalized spacial score (nSPS) is 11.7. The van der Waals surface area contributed by atoms with Crippen LogP contribution in [0.3, 0.4) is 0 Å². The SMILES string of the molecule is NC(=O)C(Nc1ncc([N+](=O)[O-])c(N)n1)c1ccc(F)cc1. The summed E-state index contributed by atoms with van der Waals surface area (Å²) in [5.41, 5.74) is 10.6. The molecular weight excluding hydrogens is 295 g/mol. The Balaban J connectivity index is 2.29. The summed E-state index contributed by atoms with van der Waals surface area (Å²) in [5.74, 6) is -1.70. The number of nitrogens with zero attached hydrogens (tertiary/aromatic N) is 3. The van der Waals surface area contributed by atoms with Gasteiger partial charge in [0, 0.05) is 0 Å². The largest absolute Gasteiger partial charge is 0.378 e. The average molecular weight is 306 g/mol. The molecule has 0 radical (unpaired) electrons. The van der Waals surface area contributed by atoms with E-state index in [1.165, 1.54) is 12.1 Å². The van der Waals surface area contributed by atoms with Gasteiger partial charge in [0.1, 0.15) is 18.1 Å². The van der Waals surface area contributed by atoms with E-state index in [-0.39, 0.29) is 11.8 Å². The second-order valence-electron chi connectivity index (χ2n) is 4.25.